The number of carbonyl (C=O) groups is 1. The molecule has 1 N–H and O–H groups in total. The number of rotatable bonds is 2. The van der Waals surface area contributed by atoms with E-state index in [4.69, 9.17) is 4.74 Å². The Labute approximate surface area is 116 Å². The zero-order valence-corrected chi connectivity index (χ0v) is 10.9. The van der Waals surface area contributed by atoms with E-state index < -0.39 is 5.41 Å². The monoisotopic (exact) mass is 264 g/mol. The summed E-state index contributed by atoms with van der Waals surface area (Å²) in [6.07, 6.45) is 0. The second-order valence-corrected chi connectivity index (χ2v) is 4.56. The summed E-state index contributed by atoms with van der Waals surface area (Å²) in [5, 5.41) is 12.5. The summed E-state index contributed by atoms with van der Waals surface area (Å²) in [6, 6.07) is 16.5. The minimum absolute atomic E-state index is 0.342. The number of hydrogen-bond donors (Lipinski definition) is 1. The van der Waals surface area contributed by atoms with Crippen molar-refractivity contribution in [3.63, 3.8) is 0 Å². The van der Waals surface area contributed by atoms with Gasteiger partial charge in [0.2, 0.25) is 0 Å². The molecule has 3 rings (SSSR count). The zero-order valence-electron chi connectivity index (χ0n) is 10.9. The van der Waals surface area contributed by atoms with E-state index >= 15 is 0 Å². The molecule has 1 amide bonds. The molecule has 1 heterocycles. The SMILES string of the molecule is COc1ccccc1[C@@]1(C#N)C(=O)Nc2ccccc21. The van der Waals surface area contributed by atoms with Crippen molar-refractivity contribution in [3.05, 3.63) is 59.7 Å². The van der Waals surface area contributed by atoms with Crippen molar-refractivity contribution in [2.75, 3.05) is 12.4 Å². The van der Waals surface area contributed by atoms with Gasteiger partial charge in [-0.05, 0) is 12.1 Å². The van der Waals surface area contributed by atoms with Gasteiger partial charge in [-0.1, -0.05) is 36.4 Å². The first kappa shape index (κ1) is 12.2. The second kappa shape index (κ2) is 4.39. The highest BCUT2D eigenvalue weighted by atomic mass is 16.5. The Hall–Kier alpha value is -2.80. The number of fused-ring (bicyclic) bond motifs is 1. The lowest BCUT2D eigenvalue weighted by Gasteiger charge is -2.22. The number of hydrogen-bond acceptors (Lipinski definition) is 3. The molecular weight excluding hydrogens is 252 g/mol. The van der Waals surface area contributed by atoms with Crippen LogP contribution in [0, 0.1) is 11.3 Å². The lowest BCUT2D eigenvalue weighted by Crippen LogP contribution is -2.34. The summed E-state index contributed by atoms with van der Waals surface area (Å²) in [4.78, 5) is 12.5. The van der Waals surface area contributed by atoms with E-state index in [2.05, 4.69) is 11.4 Å². The Morgan fingerprint density at radius 1 is 1.10 bits per heavy atom. The Morgan fingerprint density at radius 2 is 1.75 bits per heavy atom. The first-order valence-electron chi connectivity index (χ1n) is 6.19. The molecule has 0 saturated heterocycles. The van der Waals surface area contributed by atoms with Crippen LogP contribution in [0.4, 0.5) is 5.69 Å². The van der Waals surface area contributed by atoms with Crippen LogP contribution in [-0.2, 0) is 10.2 Å². The van der Waals surface area contributed by atoms with Gasteiger partial charge in [0.15, 0.2) is 5.41 Å². The number of para-hydroxylation sites is 2. The summed E-state index contributed by atoms with van der Waals surface area (Å²) < 4.78 is 5.32. The predicted molar refractivity (Wildman–Crippen MR) is 74.5 cm³/mol. The quantitative estimate of drug-likeness (QED) is 0.906. The number of nitrogens with zero attached hydrogens (tertiary/aromatic N) is 1. The lowest BCUT2D eigenvalue weighted by atomic mass is 9.76. The first-order valence-corrected chi connectivity index (χ1v) is 6.19. The van der Waals surface area contributed by atoms with Gasteiger partial charge >= 0.3 is 0 Å². The Morgan fingerprint density at radius 3 is 2.45 bits per heavy atom. The summed E-state index contributed by atoms with van der Waals surface area (Å²) in [5.41, 5.74) is 0.540. The molecule has 0 spiro atoms. The van der Waals surface area contributed by atoms with E-state index in [-0.39, 0.29) is 5.91 Å². The average molecular weight is 264 g/mol. The topological polar surface area (TPSA) is 62.1 Å². The average Bonchev–Trinajstić information content (AvgIpc) is 2.79. The lowest BCUT2D eigenvalue weighted by molar-refractivity contribution is -0.118. The summed E-state index contributed by atoms with van der Waals surface area (Å²) in [5.74, 6) is 0.187. The normalized spacial score (nSPS) is 19.9. The highest BCUT2D eigenvalue weighted by molar-refractivity contribution is 6.11. The third kappa shape index (κ3) is 1.44. The number of carbonyl (C=O) groups excluding carboxylic acids is 1. The molecule has 4 nitrogen and oxygen atoms in total. The zero-order chi connectivity index (χ0) is 14.2. The fourth-order valence-corrected chi connectivity index (χ4v) is 2.65. The summed E-state index contributed by atoms with van der Waals surface area (Å²) >= 11 is 0. The third-order valence-corrected chi connectivity index (χ3v) is 3.60. The number of methoxy groups -OCH3 is 1. The second-order valence-electron chi connectivity index (χ2n) is 4.56. The van der Waals surface area contributed by atoms with E-state index in [1.807, 2.05) is 18.2 Å². The van der Waals surface area contributed by atoms with Crippen LogP contribution in [0.15, 0.2) is 48.5 Å². The Balaban J connectivity index is 2.33. The van der Waals surface area contributed by atoms with Crippen molar-refractivity contribution < 1.29 is 9.53 Å². The molecule has 0 aromatic heterocycles. The molecule has 0 unspecified atom stereocenters. The molecule has 4 heteroatoms. The van der Waals surface area contributed by atoms with Crippen molar-refractivity contribution in [2.24, 2.45) is 0 Å². The molecule has 0 saturated carbocycles. The molecule has 1 aliphatic rings. The van der Waals surface area contributed by atoms with E-state index in [1.54, 1.807) is 30.3 Å². The van der Waals surface area contributed by atoms with Gasteiger partial charge in [0.05, 0.1) is 13.2 Å². The molecule has 2 aromatic carbocycles. The number of nitrogens with one attached hydrogen (secondary N) is 1. The number of nitriles is 1. The maximum absolute atomic E-state index is 12.5. The Bertz CT molecular complexity index is 733. The molecule has 0 fully saturated rings. The summed E-state index contributed by atoms with van der Waals surface area (Å²) in [7, 11) is 1.53. The molecule has 98 valence electrons. The van der Waals surface area contributed by atoms with E-state index in [1.165, 1.54) is 7.11 Å². The number of anilines is 1. The van der Waals surface area contributed by atoms with Crippen molar-refractivity contribution in [2.45, 2.75) is 5.41 Å². The number of benzene rings is 2. The van der Waals surface area contributed by atoms with Gasteiger partial charge in [0, 0.05) is 16.8 Å². The molecule has 1 aliphatic heterocycles. The van der Waals surface area contributed by atoms with Crippen LogP contribution in [0.3, 0.4) is 0 Å². The minimum Gasteiger partial charge on any atom is -0.496 e. The van der Waals surface area contributed by atoms with Crippen LogP contribution in [0.5, 0.6) is 5.75 Å². The molecule has 0 radical (unpaired) electrons. The highest BCUT2D eigenvalue weighted by Gasteiger charge is 2.50. The highest BCUT2D eigenvalue weighted by Crippen LogP contribution is 2.45. The fourth-order valence-electron chi connectivity index (χ4n) is 2.65. The first-order chi connectivity index (χ1) is 9.74. The fraction of sp³-hybridized carbons (Fsp3) is 0.125. The van der Waals surface area contributed by atoms with Gasteiger partial charge < -0.3 is 10.1 Å². The maximum Gasteiger partial charge on any atom is 0.254 e. The predicted octanol–water partition coefficient (Wildman–Crippen LogP) is 2.46. The maximum atomic E-state index is 12.5. The molecular formula is C16H12N2O2. The van der Waals surface area contributed by atoms with E-state index in [0.29, 0.717) is 22.6 Å². The largest absolute Gasteiger partial charge is 0.496 e. The van der Waals surface area contributed by atoms with Crippen LogP contribution in [0.1, 0.15) is 11.1 Å². The summed E-state index contributed by atoms with van der Waals surface area (Å²) in [6.45, 7) is 0. The third-order valence-electron chi connectivity index (χ3n) is 3.60. The van der Waals surface area contributed by atoms with Crippen molar-refractivity contribution in [3.8, 4) is 11.8 Å². The molecule has 2 aromatic rings. The van der Waals surface area contributed by atoms with Crippen molar-refractivity contribution in [1.82, 2.24) is 0 Å². The molecule has 20 heavy (non-hydrogen) atoms. The van der Waals surface area contributed by atoms with Crippen LogP contribution >= 0.6 is 0 Å². The van der Waals surface area contributed by atoms with E-state index in [9.17, 15) is 10.1 Å². The van der Waals surface area contributed by atoms with Gasteiger partial charge in [-0.25, -0.2) is 0 Å². The van der Waals surface area contributed by atoms with Crippen molar-refractivity contribution in [1.29, 1.82) is 5.26 Å². The van der Waals surface area contributed by atoms with Crippen molar-refractivity contribution >= 4 is 11.6 Å². The van der Waals surface area contributed by atoms with Gasteiger partial charge in [-0.2, -0.15) is 5.26 Å². The van der Waals surface area contributed by atoms with Gasteiger partial charge in [-0.3, -0.25) is 4.79 Å². The standard InChI is InChI=1S/C16H12N2O2/c1-20-14-9-5-3-7-12(14)16(10-17)11-6-2-4-8-13(11)18-15(16)19/h2-9H,1H3,(H,18,19)/t16-/m0/s1. The van der Waals surface area contributed by atoms with Crippen LogP contribution in [-0.4, -0.2) is 13.0 Å². The molecule has 0 aliphatic carbocycles. The van der Waals surface area contributed by atoms with Crippen LogP contribution in [0.2, 0.25) is 0 Å². The minimum atomic E-state index is -1.36. The van der Waals surface area contributed by atoms with Gasteiger partial charge in [-0.15, -0.1) is 0 Å². The van der Waals surface area contributed by atoms with E-state index in [0.717, 1.165) is 0 Å². The number of ether oxygens (including phenoxy) is 1. The molecule has 0 bridgehead atoms. The molecule has 1 atom stereocenters. The van der Waals surface area contributed by atoms with Crippen LogP contribution < -0.4 is 10.1 Å². The van der Waals surface area contributed by atoms with Crippen LogP contribution in [0.25, 0.3) is 0 Å². The smallest absolute Gasteiger partial charge is 0.254 e. The Kier molecular flexibility index (Phi) is 2.69. The number of amides is 1. The van der Waals surface area contributed by atoms with Gasteiger partial charge in [0.25, 0.3) is 5.91 Å². The van der Waals surface area contributed by atoms with Gasteiger partial charge in [0.1, 0.15) is 5.75 Å².